The van der Waals surface area contributed by atoms with Gasteiger partial charge in [0.25, 0.3) is 0 Å². The molecule has 1 aromatic carbocycles. The van der Waals surface area contributed by atoms with Gasteiger partial charge in [-0.2, -0.15) is 4.31 Å². The van der Waals surface area contributed by atoms with Gasteiger partial charge in [-0.1, -0.05) is 23.7 Å². The minimum absolute atomic E-state index is 0.141. The molecule has 0 aliphatic heterocycles. The van der Waals surface area contributed by atoms with E-state index in [9.17, 15) is 8.42 Å². The number of sulfonamides is 1. The van der Waals surface area contributed by atoms with Crippen LogP contribution in [0.15, 0.2) is 24.3 Å². The van der Waals surface area contributed by atoms with Crippen molar-refractivity contribution in [2.24, 2.45) is 0 Å². The molecule has 0 heterocycles. The highest BCUT2D eigenvalue weighted by molar-refractivity contribution is 7.90. The number of alkyl halides is 1. The first-order chi connectivity index (χ1) is 7.86. The van der Waals surface area contributed by atoms with Crippen LogP contribution in [0.2, 0.25) is 5.02 Å². The fraction of sp³-hybridized carbons (Fsp3) is 0.455. The van der Waals surface area contributed by atoms with Gasteiger partial charge in [0.1, 0.15) is 5.21 Å². The predicted octanol–water partition coefficient (Wildman–Crippen LogP) is 3.08. The highest BCUT2D eigenvalue weighted by Gasteiger charge is 2.23. The second-order valence-corrected chi connectivity index (χ2v) is 6.93. The highest BCUT2D eigenvalue weighted by Crippen LogP contribution is 2.17. The van der Waals surface area contributed by atoms with Crippen LogP contribution >= 0.6 is 23.2 Å². The third-order valence-corrected chi connectivity index (χ3v) is 4.90. The molecule has 0 amide bonds. The number of hydrogen-bond acceptors (Lipinski definition) is 2. The van der Waals surface area contributed by atoms with Gasteiger partial charge in [-0.05, 0) is 31.5 Å². The van der Waals surface area contributed by atoms with Crippen LogP contribution in [0, 0.1) is 0 Å². The first-order valence-electron chi connectivity index (χ1n) is 5.16. The lowest BCUT2D eigenvalue weighted by atomic mass is 10.2. The van der Waals surface area contributed by atoms with E-state index in [-0.39, 0.29) is 12.6 Å². The lowest BCUT2D eigenvalue weighted by Crippen LogP contribution is -2.36. The van der Waals surface area contributed by atoms with Gasteiger partial charge >= 0.3 is 0 Å². The van der Waals surface area contributed by atoms with Gasteiger partial charge in [0, 0.05) is 17.6 Å². The van der Waals surface area contributed by atoms with E-state index >= 15 is 0 Å². The summed E-state index contributed by atoms with van der Waals surface area (Å²) in [6, 6.07) is 6.99. The molecule has 0 saturated carbocycles. The molecule has 3 nitrogen and oxygen atoms in total. The van der Waals surface area contributed by atoms with Crippen molar-refractivity contribution in [1.29, 1.82) is 0 Å². The summed E-state index contributed by atoms with van der Waals surface area (Å²) in [4.78, 5) is 0. The van der Waals surface area contributed by atoms with Crippen molar-refractivity contribution in [1.82, 2.24) is 4.31 Å². The Kier molecular flexibility index (Phi) is 5.25. The van der Waals surface area contributed by atoms with Gasteiger partial charge in [-0.3, -0.25) is 0 Å². The smallest absolute Gasteiger partial charge is 0.211 e. The fourth-order valence-electron chi connectivity index (χ4n) is 1.48. The second kappa shape index (κ2) is 6.05. The first-order valence-corrected chi connectivity index (χ1v) is 7.69. The molecule has 1 aromatic rings. The average molecular weight is 296 g/mol. The maximum atomic E-state index is 11.8. The highest BCUT2D eigenvalue weighted by atomic mass is 35.5. The van der Waals surface area contributed by atoms with E-state index in [0.29, 0.717) is 5.02 Å². The zero-order chi connectivity index (χ0) is 13.1. The van der Waals surface area contributed by atoms with E-state index in [1.165, 1.54) is 4.31 Å². The van der Waals surface area contributed by atoms with Gasteiger partial charge in [-0.25, -0.2) is 8.42 Å². The van der Waals surface area contributed by atoms with Crippen molar-refractivity contribution >= 4 is 33.2 Å². The Morgan fingerprint density at radius 2 is 2.00 bits per heavy atom. The molecule has 0 N–H and O–H groups in total. The van der Waals surface area contributed by atoms with Crippen molar-refractivity contribution in [3.05, 3.63) is 34.9 Å². The quantitative estimate of drug-likeness (QED) is 0.783. The van der Waals surface area contributed by atoms with Crippen LogP contribution in [-0.2, 0) is 16.6 Å². The van der Waals surface area contributed by atoms with Gasteiger partial charge < -0.3 is 0 Å². The Labute approximate surface area is 112 Å². The molecule has 96 valence electrons. The summed E-state index contributed by atoms with van der Waals surface area (Å²) in [5, 5.41) is 0.181. The second-order valence-electron chi connectivity index (χ2n) is 3.99. The molecule has 6 heteroatoms. The van der Waals surface area contributed by atoms with E-state index in [2.05, 4.69) is 0 Å². The first kappa shape index (κ1) is 14.8. The molecule has 0 aromatic heterocycles. The molecule has 0 saturated heterocycles. The number of halogens is 2. The number of nitrogens with zero attached hydrogens (tertiary/aromatic N) is 1. The summed E-state index contributed by atoms with van der Waals surface area (Å²) in [5.41, 5.74) is 0.847. The standard InChI is InChI=1S/C11H15Cl2NO2S/c1-9(2)14(17(15,16)8-12)7-10-4-3-5-11(13)6-10/h3-6,9H,7-8H2,1-2H3. The number of rotatable bonds is 5. The van der Waals surface area contributed by atoms with Gasteiger partial charge in [0.15, 0.2) is 0 Å². The minimum Gasteiger partial charge on any atom is -0.211 e. The maximum Gasteiger partial charge on any atom is 0.228 e. The Morgan fingerprint density at radius 1 is 1.35 bits per heavy atom. The Balaban J connectivity index is 2.96. The third kappa shape index (κ3) is 4.14. The van der Waals surface area contributed by atoms with Crippen molar-refractivity contribution in [2.45, 2.75) is 26.4 Å². The molecule has 0 atom stereocenters. The summed E-state index contributed by atoms with van der Waals surface area (Å²) in [5.74, 6) is 0. The molecule has 0 unspecified atom stereocenters. The topological polar surface area (TPSA) is 37.4 Å². The number of benzene rings is 1. The van der Waals surface area contributed by atoms with Crippen LogP contribution in [0.3, 0.4) is 0 Å². The molecular weight excluding hydrogens is 281 g/mol. The van der Waals surface area contributed by atoms with Crippen LogP contribution in [0.5, 0.6) is 0 Å². The minimum atomic E-state index is -3.41. The van der Waals surface area contributed by atoms with Crippen LogP contribution in [0.4, 0.5) is 0 Å². The van der Waals surface area contributed by atoms with Crippen LogP contribution in [0.1, 0.15) is 19.4 Å². The van der Waals surface area contributed by atoms with E-state index in [1.807, 2.05) is 19.9 Å². The normalized spacial score (nSPS) is 12.4. The largest absolute Gasteiger partial charge is 0.228 e. The molecule has 1 rings (SSSR count). The Bertz CT molecular complexity index is 474. The van der Waals surface area contributed by atoms with Crippen molar-refractivity contribution in [3.8, 4) is 0 Å². The van der Waals surface area contributed by atoms with E-state index in [4.69, 9.17) is 23.2 Å². The van der Waals surface area contributed by atoms with Crippen LogP contribution in [0.25, 0.3) is 0 Å². The molecule has 0 fully saturated rings. The molecule has 0 spiro atoms. The molecule has 0 bridgehead atoms. The third-order valence-electron chi connectivity index (χ3n) is 2.30. The van der Waals surface area contributed by atoms with Crippen molar-refractivity contribution in [3.63, 3.8) is 0 Å². The molecule has 0 radical (unpaired) electrons. The Morgan fingerprint density at radius 3 is 2.47 bits per heavy atom. The number of hydrogen-bond donors (Lipinski definition) is 0. The molecule has 17 heavy (non-hydrogen) atoms. The SMILES string of the molecule is CC(C)N(Cc1cccc(Cl)c1)S(=O)(=O)CCl. The lowest BCUT2D eigenvalue weighted by molar-refractivity contribution is 0.350. The monoisotopic (exact) mass is 295 g/mol. The fourth-order valence-corrected chi connectivity index (χ4v) is 3.18. The van der Waals surface area contributed by atoms with E-state index in [0.717, 1.165) is 5.56 Å². The summed E-state index contributed by atoms with van der Waals surface area (Å²) < 4.78 is 24.9. The summed E-state index contributed by atoms with van der Waals surface area (Å²) in [6.45, 7) is 3.91. The summed E-state index contributed by atoms with van der Waals surface area (Å²) >= 11 is 11.3. The zero-order valence-corrected chi connectivity index (χ0v) is 12.1. The average Bonchev–Trinajstić information content (AvgIpc) is 2.25. The molecule has 0 aliphatic rings. The summed E-state index contributed by atoms with van der Waals surface area (Å²) in [7, 11) is -3.41. The zero-order valence-electron chi connectivity index (χ0n) is 9.73. The van der Waals surface area contributed by atoms with Crippen LogP contribution < -0.4 is 0 Å². The predicted molar refractivity (Wildman–Crippen MR) is 71.8 cm³/mol. The maximum absolute atomic E-state index is 11.8. The Hall–Kier alpha value is -0.290. The molecule has 0 aliphatic carbocycles. The summed E-state index contributed by atoms with van der Waals surface area (Å²) in [6.07, 6.45) is 0. The van der Waals surface area contributed by atoms with Gasteiger partial charge in [0.05, 0.1) is 0 Å². The van der Waals surface area contributed by atoms with Crippen molar-refractivity contribution in [2.75, 3.05) is 5.21 Å². The van der Waals surface area contributed by atoms with Gasteiger partial charge in [-0.15, -0.1) is 11.6 Å². The van der Waals surface area contributed by atoms with Crippen molar-refractivity contribution < 1.29 is 8.42 Å². The van der Waals surface area contributed by atoms with E-state index in [1.54, 1.807) is 18.2 Å². The van der Waals surface area contributed by atoms with Crippen LogP contribution in [-0.4, -0.2) is 24.0 Å². The van der Waals surface area contributed by atoms with E-state index < -0.39 is 15.2 Å². The lowest BCUT2D eigenvalue weighted by Gasteiger charge is -2.24. The molecular formula is C11H15Cl2NO2S. The van der Waals surface area contributed by atoms with Gasteiger partial charge in [0.2, 0.25) is 10.0 Å².